The molecule has 5 nitrogen and oxygen atoms in total. The molecule has 0 aliphatic heterocycles. The van der Waals surface area contributed by atoms with Gasteiger partial charge in [0.25, 0.3) is 0 Å². The Balaban J connectivity index is 1.22. The Morgan fingerprint density at radius 3 is 1.67 bits per heavy atom. The minimum absolute atomic E-state index is 0.584. The predicted molar refractivity (Wildman–Crippen MR) is 236 cm³/mol. The first kappa shape index (κ1) is 31.9. The molecule has 0 N–H and O–H groups in total. The van der Waals surface area contributed by atoms with Crippen LogP contribution in [-0.4, -0.2) is 19.5 Å². The lowest BCUT2D eigenvalue weighted by Gasteiger charge is -2.13. The summed E-state index contributed by atoms with van der Waals surface area (Å²) in [6.07, 6.45) is 0. The third-order valence-electron chi connectivity index (χ3n) is 11.1. The Kier molecular flexibility index (Phi) is 7.03. The Morgan fingerprint density at radius 1 is 0.404 bits per heavy atom. The Morgan fingerprint density at radius 2 is 0.965 bits per heavy atom. The molecule has 4 aromatic heterocycles. The van der Waals surface area contributed by atoms with Crippen LogP contribution in [0, 0.1) is 0 Å². The molecular weight excluding hydrogens is 717 g/mol. The van der Waals surface area contributed by atoms with Crippen LogP contribution in [0.25, 0.3) is 115 Å². The molecule has 0 saturated heterocycles. The van der Waals surface area contributed by atoms with E-state index in [2.05, 4.69) is 120 Å². The lowest BCUT2D eigenvalue weighted by atomic mass is 9.97. The van der Waals surface area contributed by atoms with Crippen molar-refractivity contribution in [1.29, 1.82) is 0 Å². The maximum atomic E-state index is 7.14. The maximum absolute atomic E-state index is 7.14. The molecule has 0 bridgehead atoms. The van der Waals surface area contributed by atoms with Crippen LogP contribution in [0.15, 0.2) is 186 Å². The number of thiophene rings is 1. The molecule has 0 spiro atoms. The lowest BCUT2D eigenvalue weighted by Crippen LogP contribution is -2.00. The summed E-state index contributed by atoms with van der Waals surface area (Å²) in [5.41, 5.74) is 9.78. The second-order valence-corrected chi connectivity index (χ2v) is 15.4. The Bertz CT molecular complexity index is 3420. The first-order chi connectivity index (χ1) is 28.3. The fourth-order valence-corrected chi connectivity index (χ4v) is 9.79. The van der Waals surface area contributed by atoms with Gasteiger partial charge in [0.1, 0.15) is 11.2 Å². The van der Waals surface area contributed by atoms with E-state index in [4.69, 9.17) is 19.4 Å². The van der Waals surface area contributed by atoms with Crippen molar-refractivity contribution >= 4 is 75.3 Å². The van der Waals surface area contributed by atoms with Crippen molar-refractivity contribution in [2.45, 2.75) is 0 Å². The molecular formula is C51H30N4OS. The molecule has 8 aromatic carbocycles. The van der Waals surface area contributed by atoms with Gasteiger partial charge in [-0.3, -0.25) is 0 Å². The zero-order chi connectivity index (χ0) is 37.5. The van der Waals surface area contributed by atoms with E-state index in [1.807, 2.05) is 78.1 Å². The summed E-state index contributed by atoms with van der Waals surface area (Å²) in [4.78, 5) is 15.4. The van der Waals surface area contributed by atoms with Crippen LogP contribution >= 0.6 is 11.3 Å². The molecule has 12 rings (SSSR count). The minimum Gasteiger partial charge on any atom is -0.455 e. The van der Waals surface area contributed by atoms with E-state index in [0.29, 0.717) is 17.5 Å². The second kappa shape index (κ2) is 12.6. The molecule has 0 atom stereocenters. The Hall–Kier alpha value is -7.41. The fraction of sp³-hybridized carbons (Fsp3) is 0. The molecule has 0 unspecified atom stereocenters. The van der Waals surface area contributed by atoms with Gasteiger partial charge in [0.2, 0.25) is 0 Å². The van der Waals surface area contributed by atoms with Crippen LogP contribution in [0.5, 0.6) is 0 Å². The monoisotopic (exact) mass is 746 g/mol. The summed E-state index contributed by atoms with van der Waals surface area (Å²) < 4.78 is 12.0. The van der Waals surface area contributed by atoms with Crippen LogP contribution in [0.2, 0.25) is 0 Å². The van der Waals surface area contributed by atoms with Crippen LogP contribution in [0.4, 0.5) is 0 Å². The summed E-state index contributed by atoms with van der Waals surface area (Å²) >= 11 is 1.83. The van der Waals surface area contributed by atoms with E-state index in [-0.39, 0.29) is 0 Å². The lowest BCUT2D eigenvalue weighted by molar-refractivity contribution is 0.670. The molecule has 6 heteroatoms. The number of nitrogens with zero attached hydrogens (tertiary/aromatic N) is 4. The van der Waals surface area contributed by atoms with Crippen LogP contribution < -0.4 is 0 Å². The van der Waals surface area contributed by atoms with Crippen molar-refractivity contribution in [2.24, 2.45) is 0 Å². The summed E-state index contributed by atoms with van der Waals surface area (Å²) in [6, 6.07) is 63.6. The number of fused-ring (bicyclic) bond motifs is 9. The normalized spacial score (nSPS) is 11.9. The maximum Gasteiger partial charge on any atom is 0.164 e. The molecule has 266 valence electrons. The van der Waals surface area contributed by atoms with Gasteiger partial charge >= 0.3 is 0 Å². The SMILES string of the molecule is c1ccc(-c2nc(-c3ccccc3)nc(-c3cccc4oc5c(-c6cccc7c6sc6ccccc67)ccc(-n6c7ccccc7c7ccccc76)c5c34)n2)cc1. The number of rotatable bonds is 5. The average molecular weight is 747 g/mol. The summed E-state index contributed by atoms with van der Waals surface area (Å²) in [6.45, 7) is 0. The standard InChI is InChI=1S/C51H30N4OS/c1-3-15-31(16-4-1)49-52-50(32-17-5-2-6-18-32)54-51(53-49)39-24-14-27-43-45(39)46-42(55-40-25-10-7-19-33(40)34-20-8-11-26-41(34)55)30-29-36(47(46)56-43)38-23-13-22-37-35-21-9-12-28-44(35)57-48(37)38/h1-30H. The summed E-state index contributed by atoms with van der Waals surface area (Å²) in [5.74, 6) is 1.81. The van der Waals surface area contributed by atoms with Gasteiger partial charge in [-0.2, -0.15) is 0 Å². The highest BCUT2D eigenvalue weighted by Gasteiger charge is 2.25. The zero-order valence-corrected chi connectivity index (χ0v) is 31.2. The number of furan rings is 1. The predicted octanol–water partition coefficient (Wildman–Crippen LogP) is 13.9. The van der Waals surface area contributed by atoms with Crippen LogP contribution in [0.3, 0.4) is 0 Å². The first-order valence-electron chi connectivity index (χ1n) is 19.0. The highest BCUT2D eigenvalue weighted by molar-refractivity contribution is 7.26. The molecule has 0 amide bonds. The van der Waals surface area contributed by atoms with Gasteiger partial charge in [-0.15, -0.1) is 11.3 Å². The number of para-hydroxylation sites is 2. The molecule has 12 aromatic rings. The van der Waals surface area contributed by atoms with E-state index >= 15 is 0 Å². The molecule has 57 heavy (non-hydrogen) atoms. The van der Waals surface area contributed by atoms with Crippen molar-refractivity contribution in [3.8, 4) is 51.0 Å². The second-order valence-electron chi connectivity index (χ2n) is 14.3. The largest absolute Gasteiger partial charge is 0.455 e. The van der Waals surface area contributed by atoms with Gasteiger partial charge in [0.05, 0.1) is 22.1 Å². The zero-order valence-electron chi connectivity index (χ0n) is 30.4. The summed E-state index contributed by atoms with van der Waals surface area (Å²) in [5, 5.41) is 6.88. The van der Waals surface area contributed by atoms with Gasteiger partial charge < -0.3 is 8.98 Å². The van der Waals surface area contributed by atoms with Crippen LogP contribution in [-0.2, 0) is 0 Å². The third-order valence-corrected chi connectivity index (χ3v) is 12.3. The van der Waals surface area contributed by atoms with Crippen molar-refractivity contribution in [2.75, 3.05) is 0 Å². The highest BCUT2D eigenvalue weighted by Crippen LogP contribution is 2.48. The molecule has 0 radical (unpaired) electrons. The smallest absolute Gasteiger partial charge is 0.164 e. The third kappa shape index (κ3) is 4.91. The van der Waals surface area contributed by atoms with Crippen molar-refractivity contribution < 1.29 is 4.42 Å². The number of hydrogen-bond acceptors (Lipinski definition) is 5. The van der Waals surface area contributed by atoms with E-state index in [9.17, 15) is 0 Å². The number of hydrogen-bond donors (Lipinski definition) is 0. The van der Waals surface area contributed by atoms with Crippen LogP contribution in [0.1, 0.15) is 0 Å². The Labute approximate surface area is 330 Å². The quantitative estimate of drug-likeness (QED) is 0.176. The topological polar surface area (TPSA) is 56.7 Å². The minimum atomic E-state index is 0.584. The summed E-state index contributed by atoms with van der Waals surface area (Å²) in [7, 11) is 0. The van der Waals surface area contributed by atoms with Crippen molar-refractivity contribution in [3.05, 3.63) is 182 Å². The number of benzene rings is 8. The first-order valence-corrected chi connectivity index (χ1v) is 19.8. The number of aromatic nitrogens is 4. The van der Waals surface area contributed by atoms with E-state index in [0.717, 1.165) is 66.5 Å². The molecule has 0 aliphatic rings. The molecule has 0 aliphatic carbocycles. The van der Waals surface area contributed by atoms with Crippen molar-refractivity contribution in [1.82, 2.24) is 19.5 Å². The van der Waals surface area contributed by atoms with Gasteiger partial charge in [-0.1, -0.05) is 146 Å². The van der Waals surface area contributed by atoms with Gasteiger partial charge in [-0.05, 0) is 36.4 Å². The van der Waals surface area contributed by atoms with E-state index < -0.39 is 0 Å². The van der Waals surface area contributed by atoms with Crippen molar-refractivity contribution in [3.63, 3.8) is 0 Å². The van der Waals surface area contributed by atoms with Gasteiger partial charge in [-0.25, -0.2) is 15.0 Å². The average Bonchev–Trinajstić information content (AvgIpc) is 3.97. The highest BCUT2D eigenvalue weighted by atomic mass is 32.1. The van der Waals surface area contributed by atoms with Gasteiger partial charge in [0, 0.05) is 64.1 Å². The van der Waals surface area contributed by atoms with Gasteiger partial charge in [0.15, 0.2) is 17.5 Å². The van der Waals surface area contributed by atoms with E-state index in [1.54, 1.807) is 0 Å². The molecule has 0 saturated carbocycles. The molecule has 0 fully saturated rings. The molecule has 4 heterocycles. The fourth-order valence-electron chi connectivity index (χ4n) is 8.56. The van der Waals surface area contributed by atoms with E-state index in [1.165, 1.54) is 30.9 Å².